The van der Waals surface area contributed by atoms with Crippen molar-refractivity contribution in [3.63, 3.8) is 0 Å². The van der Waals surface area contributed by atoms with E-state index in [-0.39, 0.29) is 29.0 Å². The Kier molecular flexibility index (Phi) is 12.7. The van der Waals surface area contributed by atoms with Crippen LogP contribution in [-0.2, 0) is 16.1 Å². The molecule has 4 heterocycles. The summed E-state index contributed by atoms with van der Waals surface area (Å²) in [6, 6.07) is 3.97. The number of likely N-dealkylation sites (tertiary alicyclic amines) is 1. The van der Waals surface area contributed by atoms with Gasteiger partial charge in [-0.2, -0.15) is 5.10 Å². The molecular formula is C40H55FN8O6. The number of benzene rings is 1. The summed E-state index contributed by atoms with van der Waals surface area (Å²) in [6.07, 6.45) is 8.51. The maximum atomic E-state index is 16.0. The van der Waals surface area contributed by atoms with Crippen molar-refractivity contribution in [3.05, 3.63) is 65.1 Å². The van der Waals surface area contributed by atoms with Crippen molar-refractivity contribution in [1.82, 2.24) is 35.8 Å². The predicted molar refractivity (Wildman–Crippen MR) is 203 cm³/mol. The van der Waals surface area contributed by atoms with Crippen molar-refractivity contribution in [2.24, 2.45) is 11.8 Å². The van der Waals surface area contributed by atoms with Gasteiger partial charge in [-0.15, -0.1) is 0 Å². The van der Waals surface area contributed by atoms with E-state index in [9.17, 15) is 24.3 Å². The van der Waals surface area contributed by atoms with Crippen molar-refractivity contribution >= 4 is 29.3 Å². The third-order valence-corrected chi connectivity index (χ3v) is 11.9. The molecule has 0 unspecified atom stereocenters. The highest BCUT2D eigenvalue weighted by Gasteiger charge is 2.38. The van der Waals surface area contributed by atoms with Crippen LogP contribution < -0.4 is 21.3 Å². The Morgan fingerprint density at radius 3 is 2.42 bits per heavy atom. The van der Waals surface area contributed by atoms with Gasteiger partial charge < -0.3 is 35.8 Å². The fourth-order valence-corrected chi connectivity index (χ4v) is 8.16. The van der Waals surface area contributed by atoms with E-state index in [1.807, 2.05) is 6.92 Å². The SMILES string of the molecule is CCn1nccc1C(=O)N[C@H](C(=O)Nc1ccc([C@H](C)[C@@H](NC(=O)c2conc2C2CCNCC2)C(=O)N2CCC(C)(O)CC2)cc1F)C1CCC(C)CC1. The third-order valence-electron chi connectivity index (χ3n) is 11.9. The summed E-state index contributed by atoms with van der Waals surface area (Å²) in [7, 11) is 0. The number of nitrogens with one attached hydrogen (secondary N) is 4. The minimum absolute atomic E-state index is 0.0305. The Morgan fingerprint density at radius 2 is 1.75 bits per heavy atom. The van der Waals surface area contributed by atoms with E-state index < -0.39 is 47.1 Å². The monoisotopic (exact) mass is 762 g/mol. The van der Waals surface area contributed by atoms with Crippen molar-refractivity contribution in [2.45, 2.75) is 115 Å². The molecule has 2 aliphatic heterocycles. The van der Waals surface area contributed by atoms with Crippen LogP contribution in [0.25, 0.3) is 0 Å². The molecule has 1 aliphatic carbocycles. The second-order valence-electron chi connectivity index (χ2n) is 15.9. The molecule has 15 heteroatoms. The highest BCUT2D eigenvalue weighted by Crippen LogP contribution is 2.33. The van der Waals surface area contributed by atoms with E-state index in [0.29, 0.717) is 55.3 Å². The normalized spacial score (nSPS) is 22.0. The Hall–Kier alpha value is -4.63. The molecule has 3 aliphatic rings. The number of carbonyl (C=O) groups excluding carboxylic acids is 4. The van der Waals surface area contributed by atoms with Crippen LogP contribution in [0.3, 0.4) is 0 Å². The molecule has 1 aromatic carbocycles. The van der Waals surface area contributed by atoms with E-state index >= 15 is 4.39 Å². The van der Waals surface area contributed by atoms with Gasteiger partial charge in [-0.1, -0.05) is 37.9 Å². The maximum Gasteiger partial charge on any atom is 0.270 e. The van der Waals surface area contributed by atoms with Gasteiger partial charge in [0.2, 0.25) is 11.8 Å². The third kappa shape index (κ3) is 9.43. The van der Waals surface area contributed by atoms with Crippen LogP contribution in [0.2, 0.25) is 0 Å². The lowest BCUT2D eigenvalue weighted by Gasteiger charge is -2.38. The molecule has 55 heavy (non-hydrogen) atoms. The zero-order valence-corrected chi connectivity index (χ0v) is 32.3. The minimum atomic E-state index is -1.09. The Morgan fingerprint density at radius 1 is 1.04 bits per heavy atom. The average molecular weight is 763 g/mol. The molecule has 5 N–H and O–H groups in total. The predicted octanol–water partition coefficient (Wildman–Crippen LogP) is 4.34. The molecule has 6 rings (SSSR count). The first-order chi connectivity index (χ1) is 26.3. The topological polar surface area (TPSA) is 184 Å². The molecule has 3 fully saturated rings. The number of rotatable bonds is 12. The van der Waals surface area contributed by atoms with Gasteiger partial charge in [0.25, 0.3) is 11.8 Å². The standard InChI is InChI=1S/C40H55FN8O6/c1-5-49-32(14-19-43-49)37(51)46-35(26-8-6-24(2)7-9-26)38(52)44-31-11-10-28(22-30(31)41)25(3)33(39(53)48-20-15-40(4,54)16-21-48)45-36(50)29-23-55-47-34(29)27-12-17-42-18-13-27/h10-11,14,19,22-27,33,35,42,54H,5-9,12-13,15-18,20-21H2,1-4H3,(H,44,52)(H,45,50)(H,46,51)/t24?,25-,26?,33+,35-/m0/s1. The van der Waals surface area contributed by atoms with E-state index in [1.54, 1.807) is 35.6 Å². The van der Waals surface area contributed by atoms with Crippen LogP contribution in [0.1, 0.15) is 123 Å². The van der Waals surface area contributed by atoms with Crippen molar-refractivity contribution in [1.29, 1.82) is 0 Å². The summed E-state index contributed by atoms with van der Waals surface area (Å²) in [5.41, 5.74) is 0.616. The number of piperidine rings is 2. The molecule has 0 radical (unpaired) electrons. The molecule has 0 spiro atoms. The van der Waals surface area contributed by atoms with Crippen LogP contribution in [-0.4, -0.2) is 92.4 Å². The molecule has 298 valence electrons. The molecule has 3 aromatic rings. The molecule has 0 bridgehead atoms. The highest BCUT2D eigenvalue weighted by molar-refractivity contribution is 6.01. The Bertz CT molecular complexity index is 1820. The van der Waals surface area contributed by atoms with Crippen LogP contribution in [0.4, 0.5) is 10.1 Å². The lowest BCUT2D eigenvalue weighted by molar-refractivity contribution is -0.137. The van der Waals surface area contributed by atoms with E-state index in [4.69, 9.17) is 4.52 Å². The number of hydrogen-bond donors (Lipinski definition) is 5. The van der Waals surface area contributed by atoms with Gasteiger partial charge in [0, 0.05) is 37.7 Å². The first-order valence-electron chi connectivity index (χ1n) is 19.7. The first kappa shape index (κ1) is 40.0. The lowest BCUT2D eigenvalue weighted by atomic mass is 9.79. The number of aliphatic hydroxyl groups is 1. The molecule has 2 aromatic heterocycles. The summed E-state index contributed by atoms with van der Waals surface area (Å²) in [6.45, 7) is 10.2. The van der Waals surface area contributed by atoms with Gasteiger partial charge in [0.1, 0.15) is 35.4 Å². The van der Waals surface area contributed by atoms with Gasteiger partial charge in [0.15, 0.2) is 0 Å². The Labute approximate surface area is 321 Å². The van der Waals surface area contributed by atoms with E-state index in [0.717, 1.165) is 51.6 Å². The molecule has 4 amide bonds. The van der Waals surface area contributed by atoms with E-state index in [1.165, 1.54) is 24.6 Å². The number of anilines is 1. The lowest BCUT2D eigenvalue weighted by Crippen LogP contribution is -2.54. The average Bonchev–Trinajstić information content (AvgIpc) is 3.88. The number of aryl methyl sites for hydroxylation is 1. The van der Waals surface area contributed by atoms with Gasteiger partial charge in [-0.3, -0.25) is 23.9 Å². The van der Waals surface area contributed by atoms with Crippen molar-refractivity contribution < 1.29 is 33.2 Å². The van der Waals surface area contributed by atoms with Crippen molar-refractivity contribution in [2.75, 3.05) is 31.5 Å². The number of halogens is 1. The Balaban J connectivity index is 1.21. The second kappa shape index (κ2) is 17.4. The number of nitrogens with zero attached hydrogens (tertiary/aromatic N) is 4. The second-order valence-corrected chi connectivity index (χ2v) is 15.9. The van der Waals surface area contributed by atoms with Crippen LogP contribution in [0.15, 0.2) is 41.2 Å². The van der Waals surface area contributed by atoms with Gasteiger partial charge >= 0.3 is 0 Å². The maximum absolute atomic E-state index is 16.0. The quantitative estimate of drug-likeness (QED) is 0.179. The highest BCUT2D eigenvalue weighted by atomic mass is 19.1. The molecule has 1 saturated carbocycles. The van der Waals surface area contributed by atoms with Crippen LogP contribution in [0, 0.1) is 17.7 Å². The van der Waals surface area contributed by atoms with Gasteiger partial charge in [0.05, 0.1) is 17.0 Å². The number of amides is 4. The fourth-order valence-electron chi connectivity index (χ4n) is 8.16. The smallest absolute Gasteiger partial charge is 0.270 e. The van der Waals surface area contributed by atoms with Gasteiger partial charge in [-0.25, -0.2) is 4.39 Å². The van der Waals surface area contributed by atoms with Gasteiger partial charge in [-0.05, 0) is 101 Å². The molecule has 14 nitrogen and oxygen atoms in total. The fraction of sp³-hybridized carbons (Fsp3) is 0.600. The van der Waals surface area contributed by atoms with Crippen LogP contribution in [0.5, 0.6) is 0 Å². The molecule has 3 atom stereocenters. The van der Waals surface area contributed by atoms with Crippen LogP contribution >= 0.6 is 0 Å². The zero-order chi connectivity index (χ0) is 39.3. The summed E-state index contributed by atoms with van der Waals surface area (Å²) in [5, 5.41) is 30.7. The summed E-state index contributed by atoms with van der Waals surface area (Å²) in [5.74, 6) is -2.80. The first-order valence-corrected chi connectivity index (χ1v) is 19.7. The summed E-state index contributed by atoms with van der Waals surface area (Å²) >= 11 is 0. The summed E-state index contributed by atoms with van der Waals surface area (Å²) < 4.78 is 22.8. The molecule has 2 saturated heterocycles. The molecular weight excluding hydrogens is 707 g/mol. The minimum Gasteiger partial charge on any atom is -0.390 e. The summed E-state index contributed by atoms with van der Waals surface area (Å²) in [4.78, 5) is 56.9. The zero-order valence-electron chi connectivity index (χ0n) is 32.3. The number of hydrogen-bond acceptors (Lipinski definition) is 9. The van der Waals surface area contributed by atoms with Crippen molar-refractivity contribution in [3.8, 4) is 0 Å². The van der Waals surface area contributed by atoms with E-state index in [2.05, 4.69) is 38.4 Å². The number of aromatic nitrogens is 3. The largest absolute Gasteiger partial charge is 0.390 e. The number of carbonyl (C=O) groups is 4.